The smallest absolute Gasteiger partial charge is 0.304 e. The van der Waals surface area contributed by atoms with Crippen LogP contribution in [0, 0.1) is 0 Å². The standard InChI is InChI=1S/C6H11FO5/c7-5(11)1-3(9)6(12)4(10)2-8/h3-4,6,8-10,12H,1-2H2/t3-,4-,6-/m1/s1. The Labute approximate surface area is 68.1 Å². The minimum atomic E-state index is -1.79. The molecule has 0 rings (SSSR count). The molecule has 0 aromatic rings. The second-order valence-corrected chi connectivity index (χ2v) is 2.37. The summed E-state index contributed by atoms with van der Waals surface area (Å²) < 4.78 is 11.6. The molecule has 5 nitrogen and oxygen atoms in total. The van der Waals surface area contributed by atoms with Crippen LogP contribution in [-0.4, -0.2) is 51.4 Å². The maximum Gasteiger partial charge on any atom is 0.304 e. The molecule has 3 atom stereocenters. The molecule has 4 N–H and O–H groups in total. The van der Waals surface area contributed by atoms with Crippen LogP contribution in [0.1, 0.15) is 6.42 Å². The average Bonchev–Trinajstić information content (AvgIpc) is 2.00. The Morgan fingerprint density at radius 2 is 1.75 bits per heavy atom. The molecule has 0 fully saturated rings. The first-order valence-corrected chi connectivity index (χ1v) is 3.32. The van der Waals surface area contributed by atoms with Crippen molar-refractivity contribution in [3.05, 3.63) is 0 Å². The summed E-state index contributed by atoms with van der Waals surface area (Å²) in [5.74, 6) is 0. The lowest BCUT2D eigenvalue weighted by Gasteiger charge is -2.19. The Morgan fingerprint density at radius 3 is 2.08 bits per heavy atom. The van der Waals surface area contributed by atoms with Crippen molar-refractivity contribution in [3.63, 3.8) is 0 Å². The summed E-state index contributed by atoms with van der Waals surface area (Å²) in [6.07, 6.45) is -5.86. The number of aliphatic hydroxyl groups excluding tert-OH is 4. The molecular formula is C6H11FO5. The van der Waals surface area contributed by atoms with Gasteiger partial charge in [0.05, 0.1) is 19.1 Å². The maximum atomic E-state index is 11.6. The summed E-state index contributed by atoms with van der Waals surface area (Å²) in [4.78, 5) is 9.79. The zero-order valence-electron chi connectivity index (χ0n) is 6.22. The molecule has 0 aliphatic rings. The van der Waals surface area contributed by atoms with Crippen LogP contribution in [-0.2, 0) is 4.79 Å². The van der Waals surface area contributed by atoms with Gasteiger partial charge in [-0.3, -0.25) is 4.79 Å². The van der Waals surface area contributed by atoms with Crippen molar-refractivity contribution in [3.8, 4) is 0 Å². The summed E-state index contributed by atoms with van der Waals surface area (Å²) >= 11 is 0. The third-order valence-corrected chi connectivity index (χ3v) is 1.35. The molecule has 0 aliphatic carbocycles. The van der Waals surface area contributed by atoms with Gasteiger partial charge in [-0.2, -0.15) is 4.39 Å². The van der Waals surface area contributed by atoms with Crippen LogP contribution in [0.15, 0.2) is 0 Å². The topological polar surface area (TPSA) is 98.0 Å². The van der Waals surface area contributed by atoms with Crippen LogP contribution in [0.4, 0.5) is 4.39 Å². The van der Waals surface area contributed by atoms with Crippen molar-refractivity contribution >= 4 is 6.04 Å². The first-order valence-electron chi connectivity index (χ1n) is 3.32. The van der Waals surface area contributed by atoms with E-state index in [0.29, 0.717) is 0 Å². The largest absolute Gasteiger partial charge is 0.394 e. The van der Waals surface area contributed by atoms with E-state index in [1.807, 2.05) is 0 Å². The number of carbonyl (C=O) groups excluding carboxylic acids is 1. The fourth-order valence-corrected chi connectivity index (χ4v) is 0.650. The number of carbonyl (C=O) groups is 1. The molecule has 0 amide bonds. The lowest BCUT2D eigenvalue weighted by atomic mass is 10.1. The van der Waals surface area contributed by atoms with Gasteiger partial charge in [-0.05, 0) is 0 Å². The first-order chi connectivity index (χ1) is 5.49. The van der Waals surface area contributed by atoms with Crippen molar-refractivity contribution in [2.24, 2.45) is 0 Å². The second kappa shape index (κ2) is 5.15. The van der Waals surface area contributed by atoms with Crippen LogP contribution >= 0.6 is 0 Å². The molecule has 0 aromatic carbocycles. The van der Waals surface area contributed by atoms with E-state index in [9.17, 15) is 9.18 Å². The van der Waals surface area contributed by atoms with E-state index >= 15 is 0 Å². The van der Waals surface area contributed by atoms with E-state index in [4.69, 9.17) is 20.4 Å². The van der Waals surface area contributed by atoms with Crippen molar-refractivity contribution in [2.45, 2.75) is 24.7 Å². The average molecular weight is 182 g/mol. The number of hydrogen-bond acceptors (Lipinski definition) is 5. The van der Waals surface area contributed by atoms with Gasteiger partial charge in [0.25, 0.3) is 0 Å². The molecule has 0 aliphatic heterocycles. The highest BCUT2D eigenvalue weighted by Gasteiger charge is 2.25. The molecule has 0 bridgehead atoms. The van der Waals surface area contributed by atoms with Crippen molar-refractivity contribution in [1.29, 1.82) is 0 Å². The molecule has 0 saturated heterocycles. The summed E-state index contributed by atoms with van der Waals surface area (Å²) in [5, 5.41) is 34.7. The minimum Gasteiger partial charge on any atom is -0.394 e. The fraction of sp³-hybridized carbons (Fsp3) is 0.833. The van der Waals surface area contributed by atoms with E-state index in [2.05, 4.69) is 0 Å². The highest BCUT2D eigenvalue weighted by atomic mass is 19.1. The molecule has 0 spiro atoms. The van der Waals surface area contributed by atoms with E-state index < -0.39 is 37.4 Å². The fourth-order valence-electron chi connectivity index (χ4n) is 0.650. The van der Waals surface area contributed by atoms with Gasteiger partial charge in [0.15, 0.2) is 0 Å². The molecular weight excluding hydrogens is 171 g/mol. The Bertz CT molecular complexity index is 151. The van der Waals surface area contributed by atoms with Gasteiger partial charge in [-0.25, -0.2) is 0 Å². The maximum absolute atomic E-state index is 11.6. The zero-order valence-corrected chi connectivity index (χ0v) is 6.22. The van der Waals surface area contributed by atoms with E-state index in [1.165, 1.54) is 0 Å². The van der Waals surface area contributed by atoms with Crippen LogP contribution in [0.2, 0.25) is 0 Å². The Morgan fingerprint density at radius 1 is 1.25 bits per heavy atom. The predicted octanol–water partition coefficient (Wildman–Crippen LogP) is -2.05. The number of halogens is 1. The molecule has 6 heteroatoms. The van der Waals surface area contributed by atoms with Crippen LogP contribution in [0.25, 0.3) is 0 Å². The minimum absolute atomic E-state index is 0.765. The van der Waals surface area contributed by atoms with Crippen LogP contribution < -0.4 is 0 Å². The molecule has 72 valence electrons. The summed E-state index contributed by atoms with van der Waals surface area (Å²) in [6, 6.07) is -1.79. The number of aliphatic hydroxyl groups is 4. The molecule has 0 radical (unpaired) electrons. The van der Waals surface area contributed by atoms with Gasteiger partial charge >= 0.3 is 6.04 Å². The molecule has 0 saturated carbocycles. The Balaban J connectivity index is 3.91. The van der Waals surface area contributed by atoms with Gasteiger partial charge < -0.3 is 20.4 Å². The summed E-state index contributed by atoms with van der Waals surface area (Å²) in [6.45, 7) is -0.765. The SMILES string of the molecule is O=C(F)C[C@@H](O)[C@@H](O)[C@H](O)CO. The quantitative estimate of drug-likeness (QED) is 0.367. The van der Waals surface area contributed by atoms with Gasteiger partial charge in [0.1, 0.15) is 12.2 Å². The summed E-state index contributed by atoms with van der Waals surface area (Å²) in [5.41, 5.74) is 0. The van der Waals surface area contributed by atoms with E-state index in [-0.39, 0.29) is 0 Å². The van der Waals surface area contributed by atoms with Gasteiger partial charge in [0, 0.05) is 0 Å². The zero-order chi connectivity index (χ0) is 9.72. The molecule has 0 unspecified atom stereocenters. The van der Waals surface area contributed by atoms with Crippen LogP contribution in [0.3, 0.4) is 0 Å². The Kier molecular flexibility index (Phi) is 4.91. The molecule has 0 aromatic heterocycles. The normalized spacial score (nSPS) is 18.4. The lowest BCUT2D eigenvalue weighted by molar-refractivity contribution is -0.136. The first kappa shape index (κ1) is 11.4. The van der Waals surface area contributed by atoms with Crippen molar-refractivity contribution in [2.75, 3.05) is 6.61 Å². The van der Waals surface area contributed by atoms with Gasteiger partial charge in [-0.1, -0.05) is 0 Å². The van der Waals surface area contributed by atoms with E-state index in [1.54, 1.807) is 0 Å². The second-order valence-electron chi connectivity index (χ2n) is 2.37. The highest BCUT2D eigenvalue weighted by Crippen LogP contribution is 2.04. The third kappa shape index (κ3) is 3.72. The Hall–Kier alpha value is -0.560. The lowest BCUT2D eigenvalue weighted by Crippen LogP contribution is -2.40. The van der Waals surface area contributed by atoms with Gasteiger partial charge in [0.2, 0.25) is 0 Å². The monoisotopic (exact) mass is 182 g/mol. The van der Waals surface area contributed by atoms with Crippen molar-refractivity contribution < 1.29 is 29.6 Å². The van der Waals surface area contributed by atoms with Gasteiger partial charge in [-0.15, -0.1) is 0 Å². The number of hydrogen-bond donors (Lipinski definition) is 4. The summed E-state index contributed by atoms with van der Waals surface area (Å²) in [7, 11) is 0. The highest BCUT2D eigenvalue weighted by molar-refractivity contribution is 5.68. The van der Waals surface area contributed by atoms with Crippen LogP contribution in [0.5, 0.6) is 0 Å². The number of rotatable bonds is 5. The molecule has 0 heterocycles. The molecule has 12 heavy (non-hydrogen) atoms. The third-order valence-electron chi connectivity index (χ3n) is 1.35. The predicted molar refractivity (Wildman–Crippen MR) is 35.8 cm³/mol. The van der Waals surface area contributed by atoms with E-state index in [0.717, 1.165) is 0 Å². The van der Waals surface area contributed by atoms with Crippen molar-refractivity contribution in [1.82, 2.24) is 0 Å².